The van der Waals surface area contributed by atoms with Crippen LogP contribution in [-0.4, -0.2) is 12.9 Å². The molecule has 0 atom stereocenters. The van der Waals surface area contributed by atoms with Crippen LogP contribution in [0.15, 0.2) is 16.6 Å². The van der Waals surface area contributed by atoms with Crippen molar-refractivity contribution in [3.05, 3.63) is 27.7 Å². The van der Waals surface area contributed by atoms with Crippen molar-refractivity contribution in [3.8, 4) is 5.75 Å². The van der Waals surface area contributed by atoms with Crippen LogP contribution in [-0.2, 0) is 0 Å². The van der Waals surface area contributed by atoms with Crippen LogP contribution in [0.1, 0.15) is 43.1 Å². The second-order valence-corrected chi connectivity index (χ2v) is 5.72. The van der Waals surface area contributed by atoms with Gasteiger partial charge in [-0.3, -0.25) is 4.79 Å². The van der Waals surface area contributed by atoms with Crippen LogP contribution in [0.4, 0.5) is 0 Å². The molecule has 0 aromatic heterocycles. The maximum atomic E-state index is 12.4. The number of carbonyl (C=O) groups is 1. The first-order valence-corrected chi connectivity index (χ1v) is 6.51. The van der Waals surface area contributed by atoms with Gasteiger partial charge >= 0.3 is 0 Å². The van der Waals surface area contributed by atoms with Crippen LogP contribution in [0.5, 0.6) is 5.75 Å². The zero-order chi connectivity index (χ0) is 13.2. The Kier molecular flexibility index (Phi) is 4.36. The molecule has 17 heavy (non-hydrogen) atoms. The van der Waals surface area contributed by atoms with Gasteiger partial charge in [0.1, 0.15) is 5.75 Å². The van der Waals surface area contributed by atoms with Gasteiger partial charge in [0, 0.05) is 9.89 Å². The van der Waals surface area contributed by atoms with E-state index in [1.54, 1.807) is 7.11 Å². The molecule has 1 aromatic carbocycles. The molecule has 0 aliphatic rings. The van der Waals surface area contributed by atoms with Crippen LogP contribution >= 0.6 is 15.9 Å². The fraction of sp³-hybridized carbons (Fsp3) is 0.500. The first kappa shape index (κ1) is 14.2. The molecule has 0 saturated carbocycles. The summed E-state index contributed by atoms with van der Waals surface area (Å²) in [7, 11) is 1.60. The maximum absolute atomic E-state index is 12.4. The van der Waals surface area contributed by atoms with Crippen LogP contribution in [0.2, 0.25) is 0 Å². The topological polar surface area (TPSA) is 26.3 Å². The lowest BCUT2D eigenvalue weighted by molar-refractivity contribution is 0.0829. The van der Waals surface area contributed by atoms with E-state index in [1.807, 2.05) is 39.8 Å². The summed E-state index contributed by atoms with van der Waals surface area (Å²) in [5.74, 6) is 0.773. The fourth-order valence-electron chi connectivity index (χ4n) is 1.53. The highest BCUT2D eigenvalue weighted by Gasteiger charge is 2.29. The second kappa shape index (κ2) is 5.21. The average molecular weight is 299 g/mol. The van der Waals surface area contributed by atoms with E-state index < -0.39 is 0 Å². The zero-order valence-electron chi connectivity index (χ0n) is 11.1. The van der Waals surface area contributed by atoms with Crippen molar-refractivity contribution in [2.24, 2.45) is 5.41 Å². The van der Waals surface area contributed by atoms with Crippen LogP contribution in [0.3, 0.4) is 0 Å². The van der Waals surface area contributed by atoms with Crippen molar-refractivity contribution in [2.45, 2.75) is 34.1 Å². The van der Waals surface area contributed by atoms with Crippen molar-refractivity contribution >= 4 is 21.7 Å². The Bertz CT molecular complexity index is 436. The van der Waals surface area contributed by atoms with Gasteiger partial charge in [-0.1, -0.05) is 36.7 Å². The highest BCUT2D eigenvalue weighted by Crippen LogP contribution is 2.33. The predicted octanol–water partition coefficient (Wildman–Crippen LogP) is 4.39. The average Bonchev–Trinajstić information content (AvgIpc) is 2.31. The second-order valence-electron chi connectivity index (χ2n) is 4.87. The summed E-state index contributed by atoms with van der Waals surface area (Å²) in [4.78, 5) is 12.4. The quantitative estimate of drug-likeness (QED) is 0.771. The summed E-state index contributed by atoms with van der Waals surface area (Å²) in [6.45, 7) is 7.92. The largest absolute Gasteiger partial charge is 0.496 e. The Balaban J connectivity index is 3.31. The number of methoxy groups -OCH3 is 1. The Morgan fingerprint density at radius 2 is 2.00 bits per heavy atom. The highest BCUT2D eigenvalue weighted by atomic mass is 79.9. The van der Waals surface area contributed by atoms with Crippen molar-refractivity contribution in [1.29, 1.82) is 0 Å². The first-order valence-electron chi connectivity index (χ1n) is 5.72. The molecular weight excluding hydrogens is 280 g/mol. The third-order valence-corrected chi connectivity index (χ3v) is 4.08. The molecule has 0 aliphatic heterocycles. The number of halogens is 1. The number of rotatable bonds is 4. The van der Waals surface area contributed by atoms with Gasteiger partial charge in [0.2, 0.25) is 0 Å². The Morgan fingerprint density at radius 3 is 2.47 bits per heavy atom. The molecule has 0 amide bonds. The van der Waals surface area contributed by atoms with Gasteiger partial charge in [0.05, 0.1) is 12.7 Å². The number of Topliss-reactive ketones (excluding diaryl/α,β-unsaturated/α-hetero) is 1. The smallest absolute Gasteiger partial charge is 0.172 e. The van der Waals surface area contributed by atoms with Gasteiger partial charge in [-0.2, -0.15) is 0 Å². The van der Waals surface area contributed by atoms with Gasteiger partial charge in [0.15, 0.2) is 5.78 Å². The van der Waals surface area contributed by atoms with Crippen molar-refractivity contribution in [3.63, 3.8) is 0 Å². The molecule has 0 spiro atoms. The lowest BCUT2D eigenvalue weighted by Gasteiger charge is -2.22. The van der Waals surface area contributed by atoms with E-state index in [0.717, 1.165) is 16.5 Å². The molecule has 0 heterocycles. The number of ether oxygens (including phenoxy) is 1. The third-order valence-electron chi connectivity index (χ3n) is 3.22. The van der Waals surface area contributed by atoms with Crippen LogP contribution in [0.25, 0.3) is 0 Å². The molecule has 0 radical (unpaired) electrons. The van der Waals surface area contributed by atoms with E-state index in [-0.39, 0.29) is 11.2 Å². The fourth-order valence-corrected chi connectivity index (χ4v) is 1.87. The SMILES string of the molecule is CCC(C)(C)C(=O)c1cc(Br)c(C)cc1OC. The normalized spacial score (nSPS) is 11.4. The van der Waals surface area contributed by atoms with E-state index in [4.69, 9.17) is 4.74 Å². The van der Waals surface area contributed by atoms with E-state index >= 15 is 0 Å². The van der Waals surface area contributed by atoms with E-state index in [1.165, 1.54) is 0 Å². The molecule has 0 aliphatic carbocycles. The summed E-state index contributed by atoms with van der Waals surface area (Å²) in [5.41, 5.74) is 1.35. The summed E-state index contributed by atoms with van der Waals surface area (Å²) >= 11 is 3.46. The van der Waals surface area contributed by atoms with Crippen molar-refractivity contribution < 1.29 is 9.53 Å². The lowest BCUT2D eigenvalue weighted by Crippen LogP contribution is -2.24. The minimum absolute atomic E-state index is 0.123. The number of hydrogen-bond donors (Lipinski definition) is 0. The molecule has 2 nitrogen and oxygen atoms in total. The molecule has 0 N–H and O–H groups in total. The number of ketones is 1. The molecule has 0 saturated heterocycles. The van der Waals surface area contributed by atoms with E-state index in [9.17, 15) is 4.79 Å². The Hall–Kier alpha value is -0.830. The zero-order valence-corrected chi connectivity index (χ0v) is 12.6. The lowest BCUT2D eigenvalue weighted by atomic mass is 9.81. The summed E-state index contributed by atoms with van der Waals surface area (Å²) in [5, 5.41) is 0. The van der Waals surface area contributed by atoms with Crippen molar-refractivity contribution in [1.82, 2.24) is 0 Å². The molecule has 3 heteroatoms. The Labute approximate surface area is 111 Å². The number of benzene rings is 1. The highest BCUT2D eigenvalue weighted by molar-refractivity contribution is 9.10. The van der Waals surface area contributed by atoms with Gasteiger partial charge in [0.25, 0.3) is 0 Å². The Morgan fingerprint density at radius 1 is 1.41 bits per heavy atom. The minimum atomic E-state index is -0.359. The van der Waals surface area contributed by atoms with Crippen LogP contribution < -0.4 is 4.74 Å². The van der Waals surface area contributed by atoms with E-state index in [2.05, 4.69) is 15.9 Å². The van der Waals surface area contributed by atoms with Crippen molar-refractivity contribution in [2.75, 3.05) is 7.11 Å². The molecule has 0 unspecified atom stereocenters. The van der Waals surface area contributed by atoms with Crippen LogP contribution in [0, 0.1) is 12.3 Å². The minimum Gasteiger partial charge on any atom is -0.496 e. The van der Waals surface area contributed by atoms with E-state index in [0.29, 0.717) is 11.3 Å². The molecule has 0 bridgehead atoms. The summed E-state index contributed by atoms with van der Waals surface area (Å²) in [6.07, 6.45) is 0.806. The summed E-state index contributed by atoms with van der Waals surface area (Å²) < 4.78 is 6.24. The van der Waals surface area contributed by atoms with Gasteiger partial charge in [-0.25, -0.2) is 0 Å². The maximum Gasteiger partial charge on any atom is 0.172 e. The molecule has 0 fully saturated rings. The predicted molar refractivity (Wildman–Crippen MR) is 73.8 cm³/mol. The number of hydrogen-bond acceptors (Lipinski definition) is 2. The standard InChI is InChI=1S/C14H19BrO2/c1-6-14(3,4)13(16)10-8-11(15)9(2)7-12(10)17-5/h7-8H,6H2,1-5H3. The third kappa shape index (κ3) is 2.89. The van der Waals surface area contributed by atoms with Gasteiger partial charge < -0.3 is 4.74 Å². The number of aryl methyl sites for hydroxylation is 1. The molecule has 94 valence electrons. The first-order chi connectivity index (χ1) is 7.83. The molecule has 1 rings (SSSR count). The summed E-state index contributed by atoms with van der Waals surface area (Å²) in [6, 6.07) is 3.75. The monoisotopic (exact) mass is 298 g/mol. The molecule has 1 aromatic rings. The van der Waals surface area contributed by atoms with Gasteiger partial charge in [-0.05, 0) is 31.0 Å². The molecular formula is C14H19BrO2. The van der Waals surface area contributed by atoms with Gasteiger partial charge in [-0.15, -0.1) is 0 Å². The number of carbonyl (C=O) groups excluding carboxylic acids is 1.